The number of pyridine rings is 1. The molecular weight excluding hydrogens is 196 g/mol. The number of nitrogens with two attached hydrogens (primary N) is 1. The van der Waals surface area contributed by atoms with Gasteiger partial charge in [0, 0.05) is 5.69 Å². The smallest absolute Gasteiger partial charge is 0.168 e. The molecule has 0 spiro atoms. The van der Waals surface area contributed by atoms with E-state index in [1.54, 1.807) is 6.07 Å². The first kappa shape index (κ1) is 7.21. The third-order valence-electron chi connectivity index (χ3n) is 0.957. The van der Waals surface area contributed by atoms with Gasteiger partial charge in [-0.3, -0.25) is 4.79 Å². The maximum absolute atomic E-state index is 10.2. The number of carbonyl (C=O) groups is 1. The monoisotopic (exact) mass is 200 g/mol. The molecule has 1 aromatic rings. The van der Waals surface area contributed by atoms with Crippen molar-refractivity contribution in [3.63, 3.8) is 0 Å². The van der Waals surface area contributed by atoms with E-state index in [9.17, 15) is 4.79 Å². The molecule has 0 saturated heterocycles. The van der Waals surface area contributed by atoms with E-state index < -0.39 is 0 Å². The first-order chi connectivity index (χ1) is 4.72. The van der Waals surface area contributed by atoms with E-state index >= 15 is 0 Å². The number of nitrogens with zero attached hydrogens (tertiary/aromatic N) is 1. The summed E-state index contributed by atoms with van der Waals surface area (Å²) < 4.78 is 0.578. The zero-order valence-electron chi connectivity index (χ0n) is 5.04. The minimum Gasteiger partial charge on any atom is -0.399 e. The molecule has 0 aliphatic heterocycles. The molecule has 0 atom stereocenters. The van der Waals surface area contributed by atoms with Gasteiger partial charge in [0.1, 0.15) is 10.3 Å². The Morgan fingerprint density at radius 1 is 1.60 bits per heavy atom. The van der Waals surface area contributed by atoms with Crippen molar-refractivity contribution in [1.29, 1.82) is 0 Å². The fraction of sp³-hybridized carbons (Fsp3) is 0. The molecule has 0 aromatic carbocycles. The molecule has 1 heterocycles. The van der Waals surface area contributed by atoms with Crippen LogP contribution in [0.2, 0.25) is 0 Å². The highest BCUT2D eigenvalue weighted by molar-refractivity contribution is 9.10. The number of hydrogen-bond donors (Lipinski definition) is 1. The molecule has 3 nitrogen and oxygen atoms in total. The van der Waals surface area contributed by atoms with Gasteiger partial charge in [-0.15, -0.1) is 0 Å². The Kier molecular flexibility index (Phi) is 2.01. The maximum atomic E-state index is 10.2. The average Bonchev–Trinajstić information content (AvgIpc) is 1.85. The van der Waals surface area contributed by atoms with Crippen molar-refractivity contribution in [1.82, 2.24) is 4.98 Å². The number of carbonyl (C=O) groups excluding carboxylic acids is 1. The van der Waals surface area contributed by atoms with E-state index in [2.05, 4.69) is 20.9 Å². The summed E-state index contributed by atoms with van der Waals surface area (Å²) >= 11 is 3.10. The lowest BCUT2D eigenvalue weighted by atomic mass is 10.3. The fourth-order valence-electron chi connectivity index (χ4n) is 0.598. The number of nitrogen functional groups attached to an aromatic ring is 1. The van der Waals surface area contributed by atoms with Crippen molar-refractivity contribution in [2.24, 2.45) is 0 Å². The molecule has 0 aliphatic carbocycles. The van der Waals surface area contributed by atoms with Crippen molar-refractivity contribution in [3.05, 3.63) is 22.4 Å². The number of aromatic nitrogens is 1. The molecule has 0 radical (unpaired) electrons. The van der Waals surface area contributed by atoms with Gasteiger partial charge in [-0.1, -0.05) is 0 Å². The second kappa shape index (κ2) is 2.79. The normalized spacial score (nSPS) is 9.30. The minimum absolute atomic E-state index is 0.340. The summed E-state index contributed by atoms with van der Waals surface area (Å²) in [6.07, 6.45) is 0.654. The van der Waals surface area contributed by atoms with Crippen LogP contribution in [0.4, 0.5) is 5.69 Å². The molecule has 1 rings (SSSR count). The largest absolute Gasteiger partial charge is 0.399 e. The SMILES string of the molecule is Nc1cc(Br)nc(C=O)c1. The van der Waals surface area contributed by atoms with Crippen LogP contribution in [0.15, 0.2) is 16.7 Å². The molecule has 0 aliphatic rings. The zero-order chi connectivity index (χ0) is 7.56. The lowest BCUT2D eigenvalue weighted by molar-refractivity contribution is 0.111. The predicted molar refractivity (Wildman–Crippen MR) is 41.7 cm³/mol. The molecular formula is C6H5BrN2O. The number of halogens is 1. The highest BCUT2D eigenvalue weighted by atomic mass is 79.9. The molecule has 0 unspecified atom stereocenters. The van der Waals surface area contributed by atoms with E-state index in [4.69, 9.17) is 5.73 Å². The second-order valence-corrected chi connectivity index (χ2v) is 2.58. The van der Waals surface area contributed by atoms with E-state index in [0.717, 1.165) is 0 Å². The van der Waals surface area contributed by atoms with Crippen LogP contribution in [0.25, 0.3) is 0 Å². The Labute approximate surface area is 66.4 Å². The van der Waals surface area contributed by atoms with E-state index in [-0.39, 0.29) is 0 Å². The van der Waals surface area contributed by atoms with Crippen molar-refractivity contribution in [2.45, 2.75) is 0 Å². The number of hydrogen-bond acceptors (Lipinski definition) is 3. The molecule has 0 fully saturated rings. The third kappa shape index (κ3) is 1.54. The van der Waals surface area contributed by atoms with Gasteiger partial charge in [-0.25, -0.2) is 4.98 Å². The number of anilines is 1. The molecule has 2 N–H and O–H groups in total. The summed E-state index contributed by atoms with van der Waals surface area (Å²) in [5.41, 5.74) is 6.28. The standard InChI is InChI=1S/C6H5BrN2O/c7-6-2-4(8)1-5(3-10)9-6/h1-3H,(H2,8,9). The molecule has 4 heteroatoms. The third-order valence-corrected chi connectivity index (χ3v) is 1.36. The van der Waals surface area contributed by atoms with Crippen molar-refractivity contribution < 1.29 is 4.79 Å². The molecule has 1 aromatic heterocycles. The first-order valence-corrected chi connectivity index (χ1v) is 3.40. The van der Waals surface area contributed by atoms with Crippen LogP contribution in [0.1, 0.15) is 10.5 Å². The molecule has 0 saturated carbocycles. The summed E-state index contributed by atoms with van der Waals surface area (Å²) in [6, 6.07) is 3.14. The number of rotatable bonds is 1. The summed E-state index contributed by atoms with van der Waals surface area (Å²) in [5.74, 6) is 0. The van der Waals surface area contributed by atoms with Gasteiger partial charge in [0.2, 0.25) is 0 Å². The lowest BCUT2D eigenvalue weighted by Crippen LogP contribution is -1.91. The summed E-state index contributed by atoms with van der Waals surface area (Å²) in [5, 5.41) is 0. The van der Waals surface area contributed by atoms with Gasteiger partial charge in [0.05, 0.1) is 0 Å². The Morgan fingerprint density at radius 3 is 2.80 bits per heavy atom. The van der Waals surface area contributed by atoms with Crippen LogP contribution in [0, 0.1) is 0 Å². The summed E-state index contributed by atoms with van der Waals surface area (Å²) in [7, 11) is 0. The first-order valence-electron chi connectivity index (χ1n) is 2.60. The van der Waals surface area contributed by atoms with Gasteiger partial charge in [-0.05, 0) is 28.1 Å². The van der Waals surface area contributed by atoms with Gasteiger partial charge >= 0.3 is 0 Å². The zero-order valence-corrected chi connectivity index (χ0v) is 6.63. The molecule has 0 amide bonds. The van der Waals surface area contributed by atoms with E-state index in [1.807, 2.05) is 0 Å². The Bertz CT molecular complexity index is 242. The van der Waals surface area contributed by atoms with Gasteiger partial charge in [0.25, 0.3) is 0 Å². The van der Waals surface area contributed by atoms with Crippen LogP contribution in [0.3, 0.4) is 0 Å². The van der Waals surface area contributed by atoms with Crippen LogP contribution in [0.5, 0.6) is 0 Å². The topological polar surface area (TPSA) is 56.0 Å². The van der Waals surface area contributed by atoms with Crippen LogP contribution in [-0.4, -0.2) is 11.3 Å². The molecule has 52 valence electrons. The Hall–Kier alpha value is -0.900. The quantitative estimate of drug-likeness (QED) is 0.549. The highest BCUT2D eigenvalue weighted by Gasteiger charge is 1.95. The summed E-state index contributed by atoms with van der Waals surface area (Å²) in [4.78, 5) is 14.0. The van der Waals surface area contributed by atoms with E-state index in [1.165, 1.54) is 6.07 Å². The highest BCUT2D eigenvalue weighted by Crippen LogP contribution is 2.11. The minimum atomic E-state index is 0.340. The van der Waals surface area contributed by atoms with E-state index in [0.29, 0.717) is 22.3 Å². The van der Waals surface area contributed by atoms with Crippen molar-refractivity contribution in [3.8, 4) is 0 Å². The van der Waals surface area contributed by atoms with Crippen LogP contribution in [-0.2, 0) is 0 Å². The Morgan fingerprint density at radius 2 is 2.30 bits per heavy atom. The molecule has 0 bridgehead atoms. The van der Waals surface area contributed by atoms with Crippen LogP contribution >= 0.6 is 15.9 Å². The number of aldehydes is 1. The van der Waals surface area contributed by atoms with Crippen LogP contribution < -0.4 is 5.73 Å². The van der Waals surface area contributed by atoms with Crippen molar-refractivity contribution >= 4 is 27.9 Å². The average molecular weight is 201 g/mol. The molecule has 10 heavy (non-hydrogen) atoms. The Balaban J connectivity index is 3.18. The van der Waals surface area contributed by atoms with Gasteiger partial charge < -0.3 is 5.73 Å². The van der Waals surface area contributed by atoms with Gasteiger partial charge in [0.15, 0.2) is 6.29 Å². The fourth-order valence-corrected chi connectivity index (χ4v) is 1.07. The van der Waals surface area contributed by atoms with Crippen molar-refractivity contribution in [2.75, 3.05) is 5.73 Å². The lowest BCUT2D eigenvalue weighted by Gasteiger charge is -1.94. The maximum Gasteiger partial charge on any atom is 0.168 e. The second-order valence-electron chi connectivity index (χ2n) is 1.77. The summed E-state index contributed by atoms with van der Waals surface area (Å²) in [6.45, 7) is 0. The van der Waals surface area contributed by atoms with Gasteiger partial charge in [-0.2, -0.15) is 0 Å². The predicted octanol–water partition coefficient (Wildman–Crippen LogP) is 1.24.